The van der Waals surface area contributed by atoms with Gasteiger partial charge in [0.05, 0.1) is 0 Å². The van der Waals surface area contributed by atoms with E-state index in [9.17, 15) is 9.59 Å². The molecular formula is C19H21N3O2. The molecule has 2 aliphatic rings. The first-order chi connectivity index (χ1) is 11.7. The van der Waals surface area contributed by atoms with E-state index in [1.165, 1.54) is 0 Å². The van der Waals surface area contributed by atoms with Crippen molar-refractivity contribution in [3.8, 4) is 0 Å². The monoisotopic (exact) mass is 323 g/mol. The number of nitrogens with zero attached hydrogens (tertiary/aromatic N) is 1. The number of hydrogen-bond acceptors (Lipinski definition) is 2. The van der Waals surface area contributed by atoms with E-state index in [2.05, 4.69) is 22.5 Å². The highest BCUT2D eigenvalue weighted by Gasteiger charge is 2.40. The van der Waals surface area contributed by atoms with E-state index >= 15 is 0 Å². The van der Waals surface area contributed by atoms with Gasteiger partial charge in [0.25, 0.3) is 0 Å². The largest absolute Gasteiger partial charge is 0.361 e. The van der Waals surface area contributed by atoms with E-state index < -0.39 is 0 Å². The number of benzene rings is 1. The number of allylic oxidation sites excluding steroid dienone is 2. The Morgan fingerprint density at radius 1 is 1.29 bits per heavy atom. The first-order valence-corrected chi connectivity index (χ1v) is 8.55. The fraction of sp³-hybridized carbons (Fsp3) is 0.368. The number of carbonyl (C=O) groups is 2. The molecule has 1 aromatic heterocycles. The molecule has 2 atom stereocenters. The van der Waals surface area contributed by atoms with E-state index in [0.717, 1.165) is 35.9 Å². The summed E-state index contributed by atoms with van der Waals surface area (Å²) in [5.74, 6) is 0.222. The normalized spacial score (nSPS) is 21.6. The van der Waals surface area contributed by atoms with Crippen LogP contribution in [0.25, 0.3) is 10.9 Å². The number of amides is 2. The van der Waals surface area contributed by atoms with Gasteiger partial charge in [-0.05, 0) is 49.4 Å². The van der Waals surface area contributed by atoms with Crippen LogP contribution in [0.3, 0.4) is 0 Å². The van der Waals surface area contributed by atoms with Crippen LogP contribution in [0.15, 0.2) is 42.6 Å². The van der Waals surface area contributed by atoms with Gasteiger partial charge in [-0.3, -0.25) is 9.59 Å². The molecule has 0 saturated carbocycles. The SMILES string of the molecule is O=C(Nc1ccc2[nH]ccc2c1)[C@H]([C@H]1CC=CCC1)N1CCC1=O. The third-order valence-corrected chi connectivity index (χ3v) is 5.07. The van der Waals surface area contributed by atoms with E-state index in [0.29, 0.717) is 13.0 Å². The maximum Gasteiger partial charge on any atom is 0.247 e. The van der Waals surface area contributed by atoms with Crippen LogP contribution < -0.4 is 5.32 Å². The number of rotatable bonds is 4. The van der Waals surface area contributed by atoms with Crippen LogP contribution in [0.4, 0.5) is 5.69 Å². The van der Waals surface area contributed by atoms with Gasteiger partial charge in [0.2, 0.25) is 11.8 Å². The number of anilines is 1. The number of nitrogens with one attached hydrogen (secondary N) is 2. The average molecular weight is 323 g/mol. The predicted octanol–water partition coefficient (Wildman–Crippen LogP) is 3.06. The lowest BCUT2D eigenvalue weighted by molar-refractivity contribution is -0.149. The molecule has 24 heavy (non-hydrogen) atoms. The summed E-state index contributed by atoms with van der Waals surface area (Å²) in [4.78, 5) is 29.8. The fourth-order valence-corrected chi connectivity index (χ4v) is 3.69. The average Bonchev–Trinajstić information content (AvgIpc) is 3.06. The third kappa shape index (κ3) is 2.70. The molecular weight excluding hydrogens is 302 g/mol. The molecule has 5 nitrogen and oxygen atoms in total. The Balaban J connectivity index is 1.55. The van der Waals surface area contributed by atoms with Crippen molar-refractivity contribution in [1.82, 2.24) is 9.88 Å². The molecule has 2 aromatic rings. The number of carbonyl (C=O) groups excluding carboxylic acids is 2. The van der Waals surface area contributed by atoms with Gasteiger partial charge < -0.3 is 15.2 Å². The highest BCUT2D eigenvalue weighted by molar-refractivity contribution is 5.99. The van der Waals surface area contributed by atoms with Crippen LogP contribution >= 0.6 is 0 Å². The number of fused-ring (bicyclic) bond motifs is 1. The van der Waals surface area contributed by atoms with Gasteiger partial charge in [0.1, 0.15) is 6.04 Å². The zero-order chi connectivity index (χ0) is 16.5. The highest BCUT2D eigenvalue weighted by Crippen LogP contribution is 2.29. The summed E-state index contributed by atoms with van der Waals surface area (Å²) in [6.45, 7) is 0.688. The Morgan fingerprint density at radius 3 is 2.92 bits per heavy atom. The summed E-state index contributed by atoms with van der Waals surface area (Å²) >= 11 is 0. The van der Waals surface area contributed by atoms with Gasteiger partial charge in [0, 0.05) is 35.8 Å². The molecule has 2 heterocycles. The zero-order valence-electron chi connectivity index (χ0n) is 13.5. The Kier molecular flexibility index (Phi) is 3.84. The molecule has 0 unspecified atom stereocenters. The maximum absolute atomic E-state index is 12.9. The molecule has 0 bridgehead atoms. The second-order valence-electron chi connectivity index (χ2n) is 6.60. The van der Waals surface area contributed by atoms with E-state index in [1.54, 1.807) is 4.90 Å². The Bertz CT molecular complexity index is 808. The summed E-state index contributed by atoms with van der Waals surface area (Å²) in [6, 6.07) is 7.43. The number of β-lactam (4-membered cyclic amide) rings is 1. The van der Waals surface area contributed by atoms with Crippen LogP contribution in [-0.4, -0.2) is 34.3 Å². The Labute approximate surface area is 140 Å². The molecule has 1 aromatic carbocycles. The van der Waals surface area contributed by atoms with Crippen LogP contribution in [0.1, 0.15) is 25.7 Å². The topological polar surface area (TPSA) is 65.2 Å². The van der Waals surface area contributed by atoms with Crippen LogP contribution in [0, 0.1) is 5.92 Å². The van der Waals surface area contributed by atoms with Crippen molar-refractivity contribution in [3.05, 3.63) is 42.6 Å². The fourth-order valence-electron chi connectivity index (χ4n) is 3.69. The molecule has 1 fully saturated rings. The van der Waals surface area contributed by atoms with Crippen LogP contribution in [0.5, 0.6) is 0 Å². The minimum Gasteiger partial charge on any atom is -0.361 e. The minimum atomic E-state index is -0.363. The lowest BCUT2D eigenvalue weighted by Crippen LogP contribution is -2.57. The molecule has 1 aliphatic carbocycles. The summed E-state index contributed by atoms with van der Waals surface area (Å²) in [5.41, 5.74) is 1.82. The van der Waals surface area contributed by atoms with Crippen molar-refractivity contribution in [3.63, 3.8) is 0 Å². The lowest BCUT2D eigenvalue weighted by atomic mass is 9.85. The van der Waals surface area contributed by atoms with Crippen LogP contribution in [0.2, 0.25) is 0 Å². The van der Waals surface area contributed by atoms with Gasteiger partial charge in [-0.1, -0.05) is 12.2 Å². The summed E-state index contributed by atoms with van der Waals surface area (Å²) < 4.78 is 0. The Morgan fingerprint density at radius 2 is 2.21 bits per heavy atom. The molecule has 2 N–H and O–H groups in total. The standard InChI is InChI=1S/C19H21N3O2/c23-17-9-11-22(17)18(13-4-2-1-3-5-13)19(24)21-15-6-7-16-14(12-15)8-10-20-16/h1-2,6-8,10,12-13,18,20H,3-5,9,11H2,(H,21,24)/t13-,18-/m0/s1. The van der Waals surface area contributed by atoms with Gasteiger partial charge in [0.15, 0.2) is 0 Å². The van der Waals surface area contributed by atoms with Gasteiger partial charge in [-0.25, -0.2) is 0 Å². The van der Waals surface area contributed by atoms with Crippen molar-refractivity contribution in [2.24, 2.45) is 5.92 Å². The Hall–Kier alpha value is -2.56. The first kappa shape index (κ1) is 15.0. The number of hydrogen-bond donors (Lipinski definition) is 2. The van der Waals surface area contributed by atoms with E-state index in [4.69, 9.17) is 0 Å². The number of likely N-dealkylation sites (tertiary alicyclic amines) is 1. The quantitative estimate of drug-likeness (QED) is 0.671. The zero-order valence-corrected chi connectivity index (χ0v) is 13.5. The van der Waals surface area contributed by atoms with E-state index in [-0.39, 0.29) is 23.8 Å². The lowest BCUT2D eigenvalue weighted by Gasteiger charge is -2.41. The highest BCUT2D eigenvalue weighted by atomic mass is 16.2. The van der Waals surface area contributed by atoms with Crippen LogP contribution in [-0.2, 0) is 9.59 Å². The van der Waals surface area contributed by atoms with E-state index in [1.807, 2.05) is 30.5 Å². The maximum atomic E-state index is 12.9. The van der Waals surface area contributed by atoms with Crippen molar-refractivity contribution >= 4 is 28.4 Å². The molecule has 124 valence electrons. The van der Waals surface area contributed by atoms with Crippen molar-refractivity contribution in [2.45, 2.75) is 31.7 Å². The van der Waals surface area contributed by atoms with Crippen molar-refractivity contribution in [2.75, 3.05) is 11.9 Å². The van der Waals surface area contributed by atoms with Crippen molar-refractivity contribution in [1.29, 1.82) is 0 Å². The van der Waals surface area contributed by atoms with Crippen molar-refractivity contribution < 1.29 is 9.59 Å². The van der Waals surface area contributed by atoms with Gasteiger partial charge in [-0.2, -0.15) is 0 Å². The minimum absolute atomic E-state index is 0.0711. The predicted molar refractivity (Wildman–Crippen MR) is 93.5 cm³/mol. The molecule has 2 amide bonds. The van der Waals surface area contributed by atoms with Gasteiger partial charge >= 0.3 is 0 Å². The summed E-state index contributed by atoms with van der Waals surface area (Å²) in [6.07, 6.45) is 9.52. The van der Waals surface area contributed by atoms with Gasteiger partial charge in [-0.15, -0.1) is 0 Å². The number of H-pyrrole nitrogens is 1. The molecule has 1 aliphatic heterocycles. The molecule has 1 saturated heterocycles. The number of aromatic nitrogens is 1. The first-order valence-electron chi connectivity index (χ1n) is 8.55. The molecule has 0 radical (unpaired) electrons. The molecule has 5 heteroatoms. The second kappa shape index (κ2) is 6.15. The third-order valence-electron chi connectivity index (χ3n) is 5.07. The smallest absolute Gasteiger partial charge is 0.247 e. The summed E-state index contributed by atoms with van der Waals surface area (Å²) in [5, 5.41) is 4.08. The molecule has 0 spiro atoms. The number of aromatic amines is 1. The second-order valence-corrected chi connectivity index (χ2v) is 6.60. The summed E-state index contributed by atoms with van der Waals surface area (Å²) in [7, 11) is 0. The molecule has 4 rings (SSSR count).